The molecule has 1 unspecified atom stereocenters. The molecule has 0 bridgehead atoms. The van der Waals surface area contributed by atoms with Crippen LogP contribution in [0.15, 0.2) is 32.7 Å². The zero-order valence-corrected chi connectivity index (χ0v) is 15.0. The van der Waals surface area contributed by atoms with Crippen molar-refractivity contribution in [2.45, 2.75) is 24.8 Å². The number of nitrogens with one attached hydrogen (secondary N) is 3. The minimum absolute atomic E-state index is 0.0410. The van der Waals surface area contributed by atoms with Crippen LogP contribution in [-0.4, -0.2) is 32.6 Å². The molecule has 0 aliphatic heterocycles. The lowest BCUT2D eigenvalue weighted by atomic mass is 10.1. The molecule has 0 radical (unpaired) electrons. The van der Waals surface area contributed by atoms with Crippen molar-refractivity contribution in [1.82, 2.24) is 14.7 Å². The van der Waals surface area contributed by atoms with Crippen LogP contribution in [0.4, 0.5) is 0 Å². The highest BCUT2D eigenvalue weighted by Gasteiger charge is 2.25. The van der Waals surface area contributed by atoms with E-state index in [2.05, 4.69) is 9.71 Å². The Morgan fingerprint density at radius 3 is 2.28 bits per heavy atom. The summed E-state index contributed by atoms with van der Waals surface area (Å²) in [4.78, 5) is 26.7. The average molecular weight is 369 g/mol. The number of sulfonamides is 1. The lowest BCUT2D eigenvalue weighted by Crippen LogP contribution is -2.35. The first-order chi connectivity index (χ1) is 11.7. The van der Waals surface area contributed by atoms with Crippen molar-refractivity contribution in [3.8, 4) is 11.5 Å². The van der Waals surface area contributed by atoms with Gasteiger partial charge < -0.3 is 14.5 Å². The van der Waals surface area contributed by atoms with E-state index in [1.807, 2.05) is 4.98 Å². The summed E-state index contributed by atoms with van der Waals surface area (Å²) < 4.78 is 37.8. The highest BCUT2D eigenvalue weighted by Crippen LogP contribution is 2.30. The monoisotopic (exact) mass is 369 g/mol. The summed E-state index contributed by atoms with van der Waals surface area (Å²) in [5, 5.41) is 0. The van der Waals surface area contributed by atoms with Gasteiger partial charge >= 0.3 is 5.69 Å². The van der Waals surface area contributed by atoms with Crippen molar-refractivity contribution in [1.29, 1.82) is 0 Å². The van der Waals surface area contributed by atoms with Gasteiger partial charge in [0.05, 0.1) is 14.2 Å². The van der Waals surface area contributed by atoms with Gasteiger partial charge in [-0.2, -0.15) is 0 Å². The molecule has 1 aromatic carbocycles. The average Bonchev–Trinajstić information content (AvgIpc) is 2.52. The molecule has 1 aromatic heterocycles. The van der Waals surface area contributed by atoms with E-state index in [1.165, 1.54) is 21.1 Å². The molecule has 9 nitrogen and oxygen atoms in total. The van der Waals surface area contributed by atoms with Gasteiger partial charge in [0.1, 0.15) is 0 Å². The maximum atomic E-state index is 12.5. The summed E-state index contributed by atoms with van der Waals surface area (Å²) in [7, 11) is -1.19. The molecule has 1 atom stereocenters. The van der Waals surface area contributed by atoms with Gasteiger partial charge in [-0.05, 0) is 31.5 Å². The fourth-order valence-corrected chi connectivity index (χ4v) is 3.86. The standard InChI is InChI=1S/C15H19N3O6S/c1-8(10-5-6-11(23-3)12(7-10)24-4)18-25(21,22)13-9(2)16-15(20)17-14(13)19/h5-8,18H,1-4H3,(H2,16,17,19,20). The van der Waals surface area contributed by atoms with Crippen molar-refractivity contribution < 1.29 is 17.9 Å². The quantitative estimate of drug-likeness (QED) is 0.677. The number of H-pyrrole nitrogens is 2. The Bertz CT molecular complexity index is 993. The number of aromatic nitrogens is 2. The van der Waals surface area contributed by atoms with Crippen molar-refractivity contribution in [3.05, 3.63) is 50.3 Å². The van der Waals surface area contributed by atoms with Crippen LogP contribution in [0.2, 0.25) is 0 Å². The zero-order valence-electron chi connectivity index (χ0n) is 14.2. The summed E-state index contributed by atoms with van der Waals surface area (Å²) in [6, 6.07) is 4.31. The Labute approximate surface area is 144 Å². The molecular formula is C15H19N3O6S. The lowest BCUT2D eigenvalue weighted by Gasteiger charge is -2.17. The molecule has 136 valence electrons. The Morgan fingerprint density at radius 1 is 1.08 bits per heavy atom. The first kappa shape index (κ1) is 18.7. The van der Waals surface area contributed by atoms with Gasteiger partial charge in [0, 0.05) is 11.7 Å². The van der Waals surface area contributed by atoms with Crippen LogP contribution >= 0.6 is 0 Å². The van der Waals surface area contributed by atoms with Gasteiger partial charge in [-0.3, -0.25) is 9.78 Å². The first-order valence-corrected chi connectivity index (χ1v) is 8.75. The Balaban J connectivity index is 2.39. The summed E-state index contributed by atoms with van der Waals surface area (Å²) >= 11 is 0. The van der Waals surface area contributed by atoms with Crippen LogP contribution in [-0.2, 0) is 10.0 Å². The third-order valence-corrected chi connectivity index (χ3v) is 5.28. The summed E-state index contributed by atoms with van der Waals surface area (Å²) in [5.41, 5.74) is -1.18. The number of ether oxygens (including phenoxy) is 2. The minimum atomic E-state index is -4.16. The topological polar surface area (TPSA) is 130 Å². The number of aromatic amines is 2. The number of methoxy groups -OCH3 is 2. The van der Waals surface area contributed by atoms with Crippen LogP contribution in [0, 0.1) is 6.92 Å². The number of hydrogen-bond donors (Lipinski definition) is 3. The molecule has 0 saturated carbocycles. The number of aryl methyl sites for hydroxylation is 1. The van der Waals surface area contributed by atoms with Crippen LogP contribution < -0.4 is 25.4 Å². The third kappa shape index (κ3) is 3.91. The molecule has 0 aliphatic carbocycles. The molecule has 2 rings (SSSR count). The molecule has 3 N–H and O–H groups in total. The SMILES string of the molecule is COc1ccc(C(C)NS(=O)(=O)c2c(C)[nH]c(=O)[nH]c2=O)cc1OC. The second-order valence-corrected chi connectivity index (χ2v) is 6.97. The highest BCUT2D eigenvalue weighted by molar-refractivity contribution is 7.89. The van der Waals surface area contributed by atoms with E-state index in [-0.39, 0.29) is 5.69 Å². The molecule has 1 heterocycles. The summed E-state index contributed by atoms with van der Waals surface area (Å²) in [5.74, 6) is 0.957. The molecule has 0 amide bonds. The van der Waals surface area contributed by atoms with Crippen molar-refractivity contribution in [2.24, 2.45) is 0 Å². The Kier molecular flexibility index (Phi) is 5.33. The first-order valence-electron chi connectivity index (χ1n) is 7.27. The molecular weight excluding hydrogens is 350 g/mol. The van der Waals surface area contributed by atoms with Crippen LogP contribution in [0.3, 0.4) is 0 Å². The largest absolute Gasteiger partial charge is 0.493 e. The highest BCUT2D eigenvalue weighted by atomic mass is 32.2. The van der Waals surface area contributed by atoms with Gasteiger partial charge in [0.25, 0.3) is 5.56 Å². The van der Waals surface area contributed by atoms with Crippen LogP contribution in [0.5, 0.6) is 11.5 Å². The number of hydrogen-bond acceptors (Lipinski definition) is 6. The molecule has 0 spiro atoms. The summed E-state index contributed by atoms with van der Waals surface area (Å²) in [6.45, 7) is 2.96. The smallest absolute Gasteiger partial charge is 0.325 e. The number of benzene rings is 1. The maximum Gasteiger partial charge on any atom is 0.325 e. The Hall–Kier alpha value is -2.59. The Morgan fingerprint density at radius 2 is 1.72 bits per heavy atom. The fourth-order valence-electron chi connectivity index (χ4n) is 2.39. The van der Waals surface area contributed by atoms with Gasteiger partial charge in [-0.25, -0.2) is 17.9 Å². The van der Waals surface area contributed by atoms with E-state index in [0.717, 1.165) is 0 Å². The third-order valence-electron chi connectivity index (χ3n) is 3.58. The van der Waals surface area contributed by atoms with E-state index in [0.29, 0.717) is 17.1 Å². The molecule has 0 saturated heterocycles. The molecule has 10 heteroatoms. The second-order valence-electron chi connectivity index (χ2n) is 5.32. The second kappa shape index (κ2) is 7.11. The van der Waals surface area contributed by atoms with Gasteiger partial charge in [0.15, 0.2) is 16.4 Å². The van der Waals surface area contributed by atoms with E-state index >= 15 is 0 Å². The van der Waals surface area contributed by atoms with Gasteiger partial charge in [-0.1, -0.05) is 6.07 Å². The zero-order chi connectivity index (χ0) is 18.8. The van der Waals surface area contributed by atoms with Crippen LogP contribution in [0.25, 0.3) is 0 Å². The van der Waals surface area contributed by atoms with Crippen molar-refractivity contribution >= 4 is 10.0 Å². The van der Waals surface area contributed by atoms with E-state index in [1.54, 1.807) is 25.1 Å². The lowest BCUT2D eigenvalue weighted by molar-refractivity contribution is 0.354. The summed E-state index contributed by atoms with van der Waals surface area (Å²) in [6.07, 6.45) is 0. The predicted molar refractivity (Wildman–Crippen MR) is 90.7 cm³/mol. The van der Waals surface area contributed by atoms with Gasteiger partial charge in [-0.15, -0.1) is 0 Å². The molecule has 0 aliphatic rings. The van der Waals surface area contributed by atoms with Gasteiger partial charge in [0.2, 0.25) is 10.0 Å². The van der Waals surface area contributed by atoms with E-state index < -0.39 is 32.2 Å². The minimum Gasteiger partial charge on any atom is -0.493 e. The fraction of sp³-hybridized carbons (Fsp3) is 0.333. The normalized spacial score (nSPS) is 12.6. The molecule has 2 aromatic rings. The van der Waals surface area contributed by atoms with E-state index in [9.17, 15) is 18.0 Å². The van der Waals surface area contributed by atoms with E-state index in [4.69, 9.17) is 9.47 Å². The number of rotatable bonds is 6. The molecule has 25 heavy (non-hydrogen) atoms. The predicted octanol–water partition coefficient (Wildman–Crippen LogP) is 0.428. The maximum absolute atomic E-state index is 12.5. The van der Waals surface area contributed by atoms with Crippen molar-refractivity contribution in [2.75, 3.05) is 14.2 Å². The van der Waals surface area contributed by atoms with Crippen LogP contribution in [0.1, 0.15) is 24.2 Å². The molecule has 0 fully saturated rings. The van der Waals surface area contributed by atoms with Crippen molar-refractivity contribution in [3.63, 3.8) is 0 Å².